The molecule has 3 amide bonds. The maximum absolute atomic E-state index is 12.6. The summed E-state index contributed by atoms with van der Waals surface area (Å²) in [7, 11) is -3.76. The van der Waals surface area contributed by atoms with Crippen LogP contribution in [0.2, 0.25) is 0 Å². The Morgan fingerprint density at radius 3 is 2.22 bits per heavy atom. The number of benzene rings is 1. The van der Waals surface area contributed by atoms with Crippen molar-refractivity contribution in [3.05, 3.63) is 29.8 Å². The third-order valence-electron chi connectivity index (χ3n) is 5.94. The molecule has 0 spiro atoms. The zero-order valence-corrected chi connectivity index (χ0v) is 18.6. The normalized spacial score (nSPS) is 21.8. The molecular weight excluding hydrogens is 438 g/mol. The van der Waals surface area contributed by atoms with Crippen LogP contribution in [0.15, 0.2) is 29.2 Å². The quantitative estimate of drug-likeness (QED) is 0.408. The SMILES string of the molecule is C[C@@H](C(=O)OCC(=O)NCCc1ccc(S(N)(=O)=O)cc1)N1C(=O)[C@H]2CCCC[C@@H]2C1=O. The van der Waals surface area contributed by atoms with Crippen LogP contribution >= 0.6 is 0 Å². The van der Waals surface area contributed by atoms with Gasteiger partial charge in [0.25, 0.3) is 5.91 Å². The Labute approximate surface area is 186 Å². The zero-order chi connectivity index (χ0) is 23.5. The van der Waals surface area contributed by atoms with Crippen LogP contribution in [0.3, 0.4) is 0 Å². The Kier molecular flexibility index (Phi) is 7.29. The number of amides is 3. The summed E-state index contributed by atoms with van der Waals surface area (Å²) < 4.78 is 27.5. The number of rotatable bonds is 8. The molecule has 3 atom stereocenters. The van der Waals surface area contributed by atoms with Crippen molar-refractivity contribution in [3.8, 4) is 0 Å². The number of primary sulfonamides is 1. The molecular formula is C21H27N3O7S. The van der Waals surface area contributed by atoms with Gasteiger partial charge in [-0.3, -0.25) is 19.3 Å². The summed E-state index contributed by atoms with van der Waals surface area (Å²) in [6.45, 7) is 1.14. The van der Waals surface area contributed by atoms with Crippen LogP contribution < -0.4 is 10.5 Å². The van der Waals surface area contributed by atoms with E-state index in [4.69, 9.17) is 9.88 Å². The van der Waals surface area contributed by atoms with E-state index in [9.17, 15) is 27.6 Å². The van der Waals surface area contributed by atoms with Gasteiger partial charge in [0.15, 0.2) is 6.61 Å². The molecule has 3 N–H and O–H groups in total. The average molecular weight is 466 g/mol. The fraction of sp³-hybridized carbons (Fsp3) is 0.524. The number of carbonyl (C=O) groups excluding carboxylic acids is 4. The van der Waals surface area contributed by atoms with Gasteiger partial charge < -0.3 is 10.1 Å². The molecule has 1 heterocycles. The smallest absolute Gasteiger partial charge is 0.329 e. The van der Waals surface area contributed by atoms with Crippen LogP contribution in [-0.4, -0.2) is 56.2 Å². The number of esters is 1. The summed E-state index contributed by atoms with van der Waals surface area (Å²) in [6.07, 6.45) is 3.52. The first-order valence-electron chi connectivity index (χ1n) is 10.5. The molecule has 174 valence electrons. The number of nitrogens with zero attached hydrogens (tertiary/aromatic N) is 1. The molecule has 0 radical (unpaired) electrons. The molecule has 1 saturated carbocycles. The van der Waals surface area contributed by atoms with E-state index in [-0.39, 0.29) is 35.1 Å². The maximum atomic E-state index is 12.6. The highest BCUT2D eigenvalue weighted by Crippen LogP contribution is 2.38. The Morgan fingerprint density at radius 1 is 1.12 bits per heavy atom. The summed E-state index contributed by atoms with van der Waals surface area (Å²) in [6, 6.07) is 4.87. The molecule has 1 aliphatic carbocycles. The molecule has 1 aromatic carbocycles. The first kappa shape index (κ1) is 23.9. The Balaban J connectivity index is 1.43. The molecule has 11 heteroatoms. The van der Waals surface area contributed by atoms with Gasteiger partial charge in [-0.05, 0) is 43.9 Å². The van der Waals surface area contributed by atoms with Crippen LogP contribution in [-0.2, 0) is 40.4 Å². The van der Waals surface area contributed by atoms with Crippen molar-refractivity contribution in [1.82, 2.24) is 10.2 Å². The molecule has 0 bridgehead atoms. The van der Waals surface area contributed by atoms with Crippen molar-refractivity contribution >= 4 is 33.7 Å². The second-order valence-corrected chi connectivity index (χ2v) is 9.68. The number of nitrogens with one attached hydrogen (secondary N) is 1. The minimum absolute atomic E-state index is 0.000496. The molecule has 0 unspecified atom stereocenters. The van der Waals surface area contributed by atoms with E-state index >= 15 is 0 Å². The predicted molar refractivity (Wildman–Crippen MR) is 112 cm³/mol. The highest BCUT2D eigenvalue weighted by molar-refractivity contribution is 7.89. The number of likely N-dealkylation sites (tertiary alicyclic amines) is 1. The Morgan fingerprint density at radius 2 is 1.69 bits per heavy atom. The van der Waals surface area contributed by atoms with Gasteiger partial charge in [-0.1, -0.05) is 25.0 Å². The van der Waals surface area contributed by atoms with Crippen LogP contribution in [0.5, 0.6) is 0 Å². The highest BCUT2D eigenvalue weighted by atomic mass is 32.2. The van der Waals surface area contributed by atoms with E-state index < -0.39 is 34.5 Å². The third-order valence-corrected chi connectivity index (χ3v) is 6.87. The molecule has 2 aliphatic rings. The van der Waals surface area contributed by atoms with Gasteiger partial charge in [0, 0.05) is 6.54 Å². The summed E-state index contributed by atoms with van der Waals surface area (Å²) in [5.41, 5.74) is 0.788. The van der Waals surface area contributed by atoms with E-state index in [1.54, 1.807) is 12.1 Å². The van der Waals surface area contributed by atoms with Crippen molar-refractivity contribution < 1.29 is 32.3 Å². The lowest BCUT2D eigenvalue weighted by atomic mass is 9.81. The van der Waals surface area contributed by atoms with Crippen molar-refractivity contribution in [3.63, 3.8) is 0 Å². The highest BCUT2D eigenvalue weighted by Gasteiger charge is 2.51. The third kappa shape index (κ3) is 5.33. The van der Waals surface area contributed by atoms with Crippen LogP contribution in [0, 0.1) is 11.8 Å². The summed E-state index contributed by atoms with van der Waals surface area (Å²) in [5, 5.41) is 7.64. The molecule has 1 saturated heterocycles. The Bertz CT molecular complexity index is 983. The van der Waals surface area contributed by atoms with Gasteiger partial charge >= 0.3 is 5.97 Å². The molecule has 10 nitrogen and oxygen atoms in total. The molecule has 32 heavy (non-hydrogen) atoms. The summed E-state index contributed by atoms with van der Waals surface area (Å²) >= 11 is 0. The number of hydrogen-bond donors (Lipinski definition) is 2. The molecule has 0 aromatic heterocycles. The fourth-order valence-electron chi connectivity index (χ4n) is 4.18. The number of hydrogen-bond acceptors (Lipinski definition) is 7. The van der Waals surface area contributed by atoms with Gasteiger partial charge in [-0.2, -0.15) is 0 Å². The minimum atomic E-state index is -3.76. The van der Waals surface area contributed by atoms with Crippen LogP contribution in [0.25, 0.3) is 0 Å². The van der Waals surface area contributed by atoms with E-state index in [1.807, 2.05) is 0 Å². The van der Waals surface area contributed by atoms with Crippen LogP contribution in [0.4, 0.5) is 0 Å². The van der Waals surface area contributed by atoms with Gasteiger partial charge in [-0.15, -0.1) is 0 Å². The first-order chi connectivity index (χ1) is 15.1. The van der Waals surface area contributed by atoms with Gasteiger partial charge in [0.05, 0.1) is 16.7 Å². The Hall–Kier alpha value is -2.79. The number of sulfonamides is 1. The molecule has 2 fully saturated rings. The second kappa shape index (κ2) is 9.78. The number of carbonyl (C=O) groups is 4. The van der Waals surface area contributed by atoms with Gasteiger partial charge in [0.2, 0.25) is 21.8 Å². The maximum Gasteiger partial charge on any atom is 0.329 e. The monoisotopic (exact) mass is 465 g/mol. The molecule has 3 rings (SSSR count). The van der Waals surface area contributed by atoms with Gasteiger partial charge in [0.1, 0.15) is 6.04 Å². The fourth-order valence-corrected chi connectivity index (χ4v) is 4.69. The second-order valence-electron chi connectivity index (χ2n) is 8.12. The van der Waals surface area contributed by atoms with E-state index in [1.165, 1.54) is 19.1 Å². The predicted octanol–water partition coefficient (Wildman–Crippen LogP) is 0.0996. The molecule has 1 aliphatic heterocycles. The number of imide groups is 1. The lowest BCUT2D eigenvalue weighted by Crippen LogP contribution is -2.45. The van der Waals surface area contributed by atoms with E-state index in [2.05, 4.69) is 5.32 Å². The van der Waals surface area contributed by atoms with E-state index in [0.29, 0.717) is 19.3 Å². The minimum Gasteiger partial charge on any atom is -0.454 e. The lowest BCUT2D eigenvalue weighted by molar-refractivity contribution is -0.159. The van der Waals surface area contributed by atoms with Crippen molar-refractivity contribution in [2.24, 2.45) is 17.0 Å². The largest absolute Gasteiger partial charge is 0.454 e. The zero-order valence-electron chi connectivity index (χ0n) is 17.8. The number of nitrogens with two attached hydrogens (primary N) is 1. The van der Waals surface area contributed by atoms with Crippen molar-refractivity contribution in [2.75, 3.05) is 13.2 Å². The first-order valence-corrected chi connectivity index (χ1v) is 12.1. The van der Waals surface area contributed by atoms with Crippen LogP contribution in [0.1, 0.15) is 38.2 Å². The van der Waals surface area contributed by atoms with Gasteiger partial charge in [-0.25, -0.2) is 18.4 Å². The van der Waals surface area contributed by atoms with E-state index in [0.717, 1.165) is 23.3 Å². The summed E-state index contributed by atoms with van der Waals surface area (Å²) in [5.74, 6) is -2.70. The molecule has 1 aromatic rings. The van der Waals surface area contributed by atoms with Crippen molar-refractivity contribution in [2.45, 2.75) is 50.0 Å². The topological polar surface area (TPSA) is 153 Å². The standard InChI is InChI=1S/C21H27N3O7S/c1-13(24-19(26)16-4-2-3-5-17(16)20(24)27)21(28)31-12-18(25)23-11-10-14-6-8-15(9-7-14)32(22,29)30/h6-9,13,16-17H,2-5,10-12H2,1H3,(H,23,25)(H2,22,29,30)/t13-,16-,17-/m0/s1. The number of fused-ring (bicyclic) bond motifs is 1. The van der Waals surface area contributed by atoms with Crippen molar-refractivity contribution in [1.29, 1.82) is 0 Å². The summed E-state index contributed by atoms with van der Waals surface area (Å²) in [4.78, 5) is 50.4. The average Bonchev–Trinajstić information content (AvgIpc) is 3.01. The lowest BCUT2D eigenvalue weighted by Gasteiger charge is -2.21. The number of ether oxygens (including phenoxy) is 1.